The van der Waals surface area contributed by atoms with Crippen LogP contribution in [0.2, 0.25) is 0 Å². The highest BCUT2D eigenvalue weighted by Crippen LogP contribution is 2.43. The second-order valence-electron chi connectivity index (χ2n) is 6.33. The van der Waals surface area contributed by atoms with Crippen molar-refractivity contribution in [2.75, 3.05) is 0 Å². The van der Waals surface area contributed by atoms with E-state index >= 15 is 0 Å². The van der Waals surface area contributed by atoms with Gasteiger partial charge in [-0.3, -0.25) is 0 Å². The molecule has 0 aliphatic heterocycles. The summed E-state index contributed by atoms with van der Waals surface area (Å²) in [7, 11) is 0. The Morgan fingerprint density at radius 2 is 1.12 bits per heavy atom. The number of rotatable bonds is 8. The molecule has 0 aromatic carbocycles. The van der Waals surface area contributed by atoms with E-state index in [1.165, 1.54) is 77.0 Å². The molecule has 0 nitrogen and oxygen atoms in total. The van der Waals surface area contributed by atoms with Crippen molar-refractivity contribution in [2.45, 2.75) is 104 Å². The molecule has 0 unspecified atom stereocenters. The highest BCUT2D eigenvalue weighted by molar-refractivity contribution is 4.81. The van der Waals surface area contributed by atoms with Gasteiger partial charge in [-0.1, -0.05) is 78.1 Å². The minimum Gasteiger partial charge on any atom is -0.0654 e. The molecule has 0 heteroatoms. The van der Waals surface area contributed by atoms with Gasteiger partial charge in [-0.15, -0.1) is 0 Å². The maximum absolute atomic E-state index is 2.33. The molecule has 0 heterocycles. The molecule has 0 amide bonds. The fourth-order valence-corrected chi connectivity index (χ4v) is 3.60. The summed E-state index contributed by atoms with van der Waals surface area (Å²) in [5, 5.41) is 0. The third-order valence-electron chi connectivity index (χ3n) is 4.79. The van der Waals surface area contributed by atoms with Crippen LogP contribution in [-0.2, 0) is 0 Å². The average Bonchev–Trinajstić information content (AvgIpc) is 2.56. The molecular weight excluding hydrogens is 204 g/mol. The highest BCUT2D eigenvalue weighted by Gasteiger charge is 2.29. The van der Waals surface area contributed by atoms with E-state index in [-0.39, 0.29) is 0 Å². The van der Waals surface area contributed by atoms with Crippen LogP contribution >= 0.6 is 0 Å². The lowest BCUT2D eigenvalue weighted by Gasteiger charge is -2.33. The van der Waals surface area contributed by atoms with E-state index < -0.39 is 0 Å². The van der Waals surface area contributed by atoms with E-state index in [0.29, 0.717) is 0 Å². The summed E-state index contributed by atoms with van der Waals surface area (Å²) in [4.78, 5) is 0. The van der Waals surface area contributed by atoms with Crippen molar-refractivity contribution >= 4 is 0 Å². The molecule has 0 aromatic rings. The smallest absolute Gasteiger partial charge is 0.0297 e. The van der Waals surface area contributed by atoms with Crippen molar-refractivity contribution in [3.63, 3.8) is 0 Å². The van der Waals surface area contributed by atoms with Crippen molar-refractivity contribution in [3.8, 4) is 0 Å². The van der Waals surface area contributed by atoms with Gasteiger partial charge >= 0.3 is 0 Å². The first-order valence-corrected chi connectivity index (χ1v) is 8.33. The van der Waals surface area contributed by atoms with Crippen LogP contribution in [-0.4, -0.2) is 0 Å². The Bertz CT molecular complexity index is 151. The Morgan fingerprint density at radius 1 is 0.647 bits per heavy atom. The summed E-state index contributed by atoms with van der Waals surface area (Å²) in [6, 6.07) is 0. The molecule has 0 spiro atoms. The Kier molecular flexibility index (Phi) is 7.97. The maximum atomic E-state index is 2.33. The predicted octanol–water partition coefficient (Wildman–Crippen LogP) is 6.49. The molecule has 1 aliphatic rings. The molecule has 0 atom stereocenters. The van der Waals surface area contributed by atoms with Crippen LogP contribution in [0.1, 0.15) is 104 Å². The van der Waals surface area contributed by atoms with Gasteiger partial charge in [-0.2, -0.15) is 0 Å². The lowest BCUT2D eigenvalue weighted by atomic mass is 9.72. The Hall–Kier alpha value is 0. The molecule has 0 bridgehead atoms. The number of unbranched alkanes of at least 4 members (excludes halogenated alkanes) is 4. The van der Waals surface area contributed by atoms with Gasteiger partial charge in [0.1, 0.15) is 0 Å². The second-order valence-corrected chi connectivity index (χ2v) is 6.33. The van der Waals surface area contributed by atoms with E-state index in [9.17, 15) is 0 Å². The topological polar surface area (TPSA) is 0 Å². The summed E-state index contributed by atoms with van der Waals surface area (Å²) in [6.07, 6.45) is 20.8. The van der Waals surface area contributed by atoms with Crippen LogP contribution in [0.5, 0.6) is 0 Å². The van der Waals surface area contributed by atoms with Crippen molar-refractivity contribution in [1.29, 1.82) is 0 Å². The molecule has 0 saturated heterocycles. The van der Waals surface area contributed by atoms with Crippen LogP contribution in [0, 0.1) is 5.41 Å². The molecule has 1 fully saturated rings. The summed E-state index contributed by atoms with van der Waals surface area (Å²) in [5.74, 6) is 0. The zero-order valence-electron chi connectivity index (χ0n) is 12.4. The van der Waals surface area contributed by atoms with E-state index in [2.05, 4.69) is 13.8 Å². The second kappa shape index (κ2) is 9.00. The maximum Gasteiger partial charge on any atom is -0.0297 e. The molecule has 102 valence electrons. The monoisotopic (exact) mass is 238 g/mol. The first kappa shape index (κ1) is 15.1. The van der Waals surface area contributed by atoms with Gasteiger partial charge in [-0.05, 0) is 31.1 Å². The zero-order chi connectivity index (χ0) is 12.4. The SMILES string of the molecule is CCCCCC1(CCCCC)CCCCCC1. The van der Waals surface area contributed by atoms with E-state index in [4.69, 9.17) is 0 Å². The zero-order valence-corrected chi connectivity index (χ0v) is 12.4. The first-order valence-electron chi connectivity index (χ1n) is 8.33. The first-order chi connectivity index (χ1) is 8.33. The van der Waals surface area contributed by atoms with Gasteiger partial charge in [0.25, 0.3) is 0 Å². The predicted molar refractivity (Wildman–Crippen MR) is 78.4 cm³/mol. The van der Waals surface area contributed by atoms with Gasteiger partial charge in [0.05, 0.1) is 0 Å². The van der Waals surface area contributed by atoms with Crippen molar-refractivity contribution in [2.24, 2.45) is 5.41 Å². The normalized spacial score (nSPS) is 20.1. The van der Waals surface area contributed by atoms with E-state index in [1.54, 1.807) is 12.8 Å². The van der Waals surface area contributed by atoms with Gasteiger partial charge < -0.3 is 0 Å². The Labute approximate surface area is 110 Å². The van der Waals surface area contributed by atoms with Gasteiger partial charge in [0.2, 0.25) is 0 Å². The summed E-state index contributed by atoms with van der Waals surface area (Å²) in [6.45, 7) is 4.66. The molecule has 1 saturated carbocycles. The van der Waals surface area contributed by atoms with Crippen molar-refractivity contribution in [1.82, 2.24) is 0 Å². The number of hydrogen-bond donors (Lipinski definition) is 0. The van der Waals surface area contributed by atoms with Crippen LogP contribution in [0.15, 0.2) is 0 Å². The average molecular weight is 238 g/mol. The minimum atomic E-state index is 0.765. The third kappa shape index (κ3) is 5.93. The van der Waals surface area contributed by atoms with Crippen molar-refractivity contribution in [3.05, 3.63) is 0 Å². The lowest BCUT2D eigenvalue weighted by Crippen LogP contribution is -2.20. The van der Waals surface area contributed by atoms with E-state index in [0.717, 1.165) is 5.41 Å². The molecule has 17 heavy (non-hydrogen) atoms. The van der Waals surface area contributed by atoms with Crippen molar-refractivity contribution < 1.29 is 0 Å². The fraction of sp³-hybridized carbons (Fsp3) is 1.00. The summed E-state index contributed by atoms with van der Waals surface area (Å²) in [5.41, 5.74) is 0.765. The quantitative estimate of drug-likeness (QED) is 0.335. The van der Waals surface area contributed by atoms with Gasteiger partial charge in [0, 0.05) is 0 Å². The largest absolute Gasteiger partial charge is 0.0654 e. The fourth-order valence-electron chi connectivity index (χ4n) is 3.60. The lowest BCUT2D eigenvalue weighted by molar-refractivity contribution is 0.189. The highest BCUT2D eigenvalue weighted by atomic mass is 14.3. The Morgan fingerprint density at radius 3 is 1.53 bits per heavy atom. The van der Waals surface area contributed by atoms with Gasteiger partial charge in [0.15, 0.2) is 0 Å². The van der Waals surface area contributed by atoms with Crippen LogP contribution < -0.4 is 0 Å². The molecular formula is C17H34. The standard InChI is InChI=1S/C17H34/c1-3-5-9-13-17(14-10-6-4-2)15-11-7-8-12-16-17/h3-16H2,1-2H3. The van der Waals surface area contributed by atoms with Crippen LogP contribution in [0.25, 0.3) is 0 Å². The molecule has 0 radical (unpaired) electrons. The van der Waals surface area contributed by atoms with Crippen LogP contribution in [0.4, 0.5) is 0 Å². The molecule has 1 aliphatic carbocycles. The van der Waals surface area contributed by atoms with Crippen LogP contribution in [0.3, 0.4) is 0 Å². The van der Waals surface area contributed by atoms with E-state index in [1.807, 2.05) is 0 Å². The van der Waals surface area contributed by atoms with Gasteiger partial charge in [-0.25, -0.2) is 0 Å². The third-order valence-corrected chi connectivity index (χ3v) is 4.79. The Balaban J connectivity index is 2.41. The summed E-state index contributed by atoms with van der Waals surface area (Å²) < 4.78 is 0. The molecule has 0 N–H and O–H groups in total. The number of hydrogen-bond acceptors (Lipinski definition) is 0. The minimum absolute atomic E-state index is 0.765. The summed E-state index contributed by atoms with van der Waals surface area (Å²) >= 11 is 0. The molecule has 0 aromatic heterocycles. The molecule has 1 rings (SSSR count).